The first kappa shape index (κ1) is 14.5. The minimum absolute atomic E-state index is 0.138. The summed E-state index contributed by atoms with van der Waals surface area (Å²) in [7, 11) is 0. The molecule has 1 aliphatic heterocycles. The first-order valence-corrected chi connectivity index (χ1v) is 6.21. The molecule has 108 valence electrons. The van der Waals surface area contributed by atoms with Crippen molar-refractivity contribution in [2.75, 3.05) is 6.61 Å². The van der Waals surface area contributed by atoms with Crippen LogP contribution < -0.4 is 11.2 Å². The number of rotatable bonds is 4. The number of ether oxygens (including phenoxy) is 1. The second kappa shape index (κ2) is 6.00. The molecule has 1 aromatic heterocycles. The van der Waals surface area contributed by atoms with Crippen molar-refractivity contribution < 1.29 is 14.9 Å². The largest absolute Gasteiger partial charge is 0.394 e. The molecule has 1 aliphatic rings. The molecule has 0 saturated carbocycles. The van der Waals surface area contributed by atoms with E-state index in [4.69, 9.17) is 15.1 Å². The normalized spacial score (nSPS) is 25.6. The van der Waals surface area contributed by atoms with Crippen LogP contribution in [0, 0.1) is 11.3 Å². The third-order valence-electron chi connectivity index (χ3n) is 3.25. The molecule has 8 nitrogen and oxygen atoms in total. The lowest BCUT2D eigenvalue weighted by atomic mass is 10.1. The summed E-state index contributed by atoms with van der Waals surface area (Å²) in [6.07, 6.45) is -0.623. The number of hydrogen-bond donors (Lipinski definition) is 3. The average Bonchev–Trinajstić information content (AvgIpc) is 2.79. The van der Waals surface area contributed by atoms with Crippen molar-refractivity contribution >= 4 is 0 Å². The molecule has 1 saturated heterocycles. The highest BCUT2D eigenvalue weighted by Gasteiger charge is 2.35. The van der Waals surface area contributed by atoms with Gasteiger partial charge >= 0.3 is 5.69 Å². The zero-order valence-electron chi connectivity index (χ0n) is 10.7. The number of hydrogen-bond acceptors (Lipinski definition) is 6. The molecule has 2 rings (SSSR count). The summed E-state index contributed by atoms with van der Waals surface area (Å²) >= 11 is 0. The van der Waals surface area contributed by atoms with E-state index in [9.17, 15) is 14.7 Å². The molecule has 0 bridgehead atoms. The number of H-pyrrole nitrogens is 1. The van der Waals surface area contributed by atoms with Gasteiger partial charge in [-0.3, -0.25) is 14.3 Å². The third kappa shape index (κ3) is 2.80. The summed E-state index contributed by atoms with van der Waals surface area (Å²) < 4.78 is 6.61. The van der Waals surface area contributed by atoms with Crippen LogP contribution in [0.4, 0.5) is 0 Å². The van der Waals surface area contributed by atoms with Gasteiger partial charge in [-0.25, -0.2) is 4.79 Å². The molecule has 1 fully saturated rings. The summed E-state index contributed by atoms with van der Waals surface area (Å²) in [5, 5.41) is 27.2. The van der Waals surface area contributed by atoms with Gasteiger partial charge in [-0.2, -0.15) is 5.26 Å². The molecule has 3 N–H and O–H groups in total. The lowest BCUT2D eigenvalue weighted by molar-refractivity contribution is -0.0230. The fourth-order valence-corrected chi connectivity index (χ4v) is 2.19. The average molecular weight is 281 g/mol. The minimum atomic E-state index is -0.858. The van der Waals surface area contributed by atoms with Crippen LogP contribution in [-0.4, -0.2) is 38.6 Å². The second-order valence-corrected chi connectivity index (χ2v) is 4.59. The quantitative estimate of drug-likeness (QED) is 0.625. The Balaban J connectivity index is 2.31. The standard InChI is InChI=1S/C12H15N3O5/c13-2-1-3-15-5-7(11(18)14-12(15)19)9-4-8(17)10(6-16)20-9/h5,8-10,16-17H,1,3-4,6H2,(H,14,18,19)/t8?,9-,10-/m1/s1. The van der Waals surface area contributed by atoms with Crippen LogP contribution in [0.5, 0.6) is 0 Å². The van der Waals surface area contributed by atoms with E-state index in [0.29, 0.717) is 0 Å². The van der Waals surface area contributed by atoms with E-state index in [2.05, 4.69) is 4.98 Å². The third-order valence-corrected chi connectivity index (χ3v) is 3.25. The first-order chi connectivity index (χ1) is 9.56. The topological polar surface area (TPSA) is 128 Å². The van der Waals surface area contributed by atoms with Crippen molar-refractivity contribution in [2.45, 2.75) is 37.7 Å². The molecule has 8 heteroatoms. The summed E-state index contributed by atoms with van der Waals surface area (Å²) in [6, 6.07) is 1.91. The molecule has 0 radical (unpaired) electrons. The van der Waals surface area contributed by atoms with Crippen molar-refractivity contribution in [3.05, 3.63) is 32.6 Å². The molecule has 0 spiro atoms. The number of aromatic nitrogens is 2. The monoisotopic (exact) mass is 281 g/mol. The van der Waals surface area contributed by atoms with E-state index >= 15 is 0 Å². The minimum Gasteiger partial charge on any atom is -0.394 e. The number of aryl methyl sites for hydroxylation is 1. The fourth-order valence-electron chi connectivity index (χ4n) is 2.19. The molecule has 1 unspecified atom stereocenters. The van der Waals surface area contributed by atoms with Crippen molar-refractivity contribution in [3.63, 3.8) is 0 Å². The molecule has 0 aromatic carbocycles. The molecule has 1 aromatic rings. The Hall–Kier alpha value is -1.95. The molecule has 0 aliphatic carbocycles. The van der Waals surface area contributed by atoms with Crippen molar-refractivity contribution in [1.82, 2.24) is 9.55 Å². The fraction of sp³-hybridized carbons (Fsp3) is 0.583. The van der Waals surface area contributed by atoms with Crippen LogP contribution >= 0.6 is 0 Å². The Morgan fingerprint density at radius 1 is 1.55 bits per heavy atom. The summed E-state index contributed by atoms with van der Waals surface area (Å²) in [4.78, 5) is 25.5. The van der Waals surface area contributed by atoms with Gasteiger partial charge in [0, 0.05) is 19.2 Å². The van der Waals surface area contributed by atoms with Crippen LogP contribution in [0.3, 0.4) is 0 Å². The number of aromatic amines is 1. The Bertz CT molecular complexity index is 629. The van der Waals surface area contributed by atoms with Gasteiger partial charge in [0.25, 0.3) is 5.56 Å². The number of aliphatic hydroxyl groups excluding tert-OH is 2. The van der Waals surface area contributed by atoms with E-state index in [1.54, 1.807) is 0 Å². The maximum atomic E-state index is 11.8. The highest BCUT2D eigenvalue weighted by Crippen LogP contribution is 2.30. The van der Waals surface area contributed by atoms with Crippen LogP contribution in [0.25, 0.3) is 0 Å². The summed E-state index contributed by atoms with van der Waals surface area (Å²) in [5.74, 6) is 0. The van der Waals surface area contributed by atoms with E-state index in [0.717, 1.165) is 0 Å². The lowest BCUT2D eigenvalue weighted by Crippen LogP contribution is -2.33. The second-order valence-electron chi connectivity index (χ2n) is 4.59. The molecule has 20 heavy (non-hydrogen) atoms. The van der Waals surface area contributed by atoms with Gasteiger partial charge in [0.15, 0.2) is 0 Å². The maximum absolute atomic E-state index is 11.8. The van der Waals surface area contributed by atoms with Crippen LogP contribution in [0.15, 0.2) is 15.8 Å². The predicted molar refractivity (Wildman–Crippen MR) is 66.9 cm³/mol. The maximum Gasteiger partial charge on any atom is 0.328 e. The van der Waals surface area contributed by atoms with E-state index < -0.39 is 29.6 Å². The van der Waals surface area contributed by atoms with Crippen molar-refractivity contribution in [3.8, 4) is 6.07 Å². The van der Waals surface area contributed by atoms with Gasteiger partial charge in [-0.05, 0) is 0 Å². The number of aliphatic hydroxyl groups is 2. The Morgan fingerprint density at radius 2 is 2.30 bits per heavy atom. The van der Waals surface area contributed by atoms with Gasteiger partial charge in [-0.1, -0.05) is 0 Å². The van der Waals surface area contributed by atoms with E-state index in [1.165, 1.54) is 10.8 Å². The zero-order chi connectivity index (χ0) is 14.7. The van der Waals surface area contributed by atoms with Gasteiger partial charge in [0.05, 0.1) is 36.9 Å². The van der Waals surface area contributed by atoms with Crippen LogP contribution in [0.2, 0.25) is 0 Å². The van der Waals surface area contributed by atoms with Crippen molar-refractivity contribution in [1.29, 1.82) is 5.26 Å². The number of nitrogens with one attached hydrogen (secondary N) is 1. The van der Waals surface area contributed by atoms with Crippen LogP contribution in [0.1, 0.15) is 24.5 Å². The van der Waals surface area contributed by atoms with E-state index in [1.807, 2.05) is 6.07 Å². The predicted octanol–water partition coefficient (Wildman–Crippen LogP) is -1.37. The molecular weight excluding hydrogens is 266 g/mol. The van der Waals surface area contributed by atoms with Gasteiger partial charge in [-0.15, -0.1) is 0 Å². The highest BCUT2D eigenvalue weighted by atomic mass is 16.5. The van der Waals surface area contributed by atoms with Gasteiger partial charge in [0.1, 0.15) is 6.10 Å². The Labute approximate surface area is 113 Å². The summed E-state index contributed by atoms with van der Waals surface area (Å²) in [6.45, 7) is -0.179. The van der Waals surface area contributed by atoms with Gasteiger partial charge in [0.2, 0.25) is 0 Å². The van der Waals surface area contributed by atoms with Gasteiger partial charge < -0.3 is 14.9 Å². The Morgan fingerprint density at radius 3 is 2.90 bits per heavy atom. The van der Waals surface area contributed by atoms with Crippen molar-refractivity contribution in [2.24, 2.45) is 0 Å². The first-order valence-electron chi connectivity index (χ1n) is 6.21. The molecule has 0 amide bonds. The SMILES string of the molecule is N#CCCn1cc([C@H]2CC(O)[C@@H](CO)O2)c(=O)[nH]c1=O. The van der Waals surface area contributed by atoms with Crippen LogP contribution in [-0.2, 0) is 11.3 Å². The Kier molecular flexibility index (Phi) is 4.34. The number of nitriles is 1. The smallest absolute Gasteiger partial charge is 0.328 e. The zero-order valence-corrected chi connectivity index (χ0v) is 10.7. The number of nitrogens with zero attached hydrogens (tertiary/aromatic N) is 2. The highest BCUT2D eigenvalue weighted by molar-refractivity contribution is 5.11. The summed E-state index contributed by atoms with van der Waals surface area (Å²) in [5.41, 5.74) is -0.970. The lowest BCUT2D eigenvalue weighted by Gasteiger charge is -2.12. The molecular formula is C12H15N3O5. The van der Waals surface area contributed by atoms with E-state index in [-0.39, 0.29) is 31.6 Å². The molecule has 2 heterocycles. The molecule has 3 atom stereocenters.